The van der Waals surface area contributed by atoms with Gasteiger partial charge >= 0.3 is 5.91 Å². The van der Waals surface area contributed by atoms with Crippen LogP contribution in [0.15, 0.2) is 30.3 Å². The molecule has 0 unspecified atom stereocenters. The van der Waals surface area contributed by atoms with Gasteiger partial charge in [-0.3, -0.25) is 9.59 Å². The third-order valence-corrected chi connectivity index (χ3v) is 3.04. The van der Waals surface area contributed by atoms with Gasteiger partial charge in [-0.25, -0.2) is 10.0 Å². The molecule has 0 bridgehead atoms. The minimum absolute atomic E-state index is 0.124. The summed E-state index contributed by atoms with van der Waals surface area (Å²) in [7, 11) is 3.41. The van der Waals surface area contributed by atoms with Crippen LogP contribution in [-0.4, -0.2) is 42.0 Å². The van der Waals surface area contributed by atoms with Crippen LogP contribution in [0.3, 0.4) is 0 Å². The largest absolute Gasteiger partial charge is 0.332 e. The molecule has 0 aromatic heterocycles. The molecule has 0 radical (unpaired) electrons. The van der Waals surface area contributed by atoms with Gasteiger partial charge in [0.2, 0.25) is 0 Å². The van der Waals surface area contributed by atoms with E-state index in [0.717, 1.165) is 5.56 Å². The first-order chi connectivity index (χ1) is 8.59. The number of imide groups is 1. The number of hydrazine groups is 1. The first-order valence-electron chi connectivity index (χ1n) is 6.01. The van der Waals surface area contributed by atoms with Gasteiger partial charge in [-0.05, 0) is 0 Å². The highest BCUT2D eigenvalue weighted by Gasteiger charge is 2.42. The molecule has 1 aliphatic heterocycles. The second kappa shape index (κ2) is 5.29. The van der Waals surface area contributed by atoms with E-state index in [1.165, 1.54) is 5.01 Å². The van der Waals surface area contributed by atoms with Gasteiger partial charge in [-0.2, -0.15) is 0 Å². The van der Waals surface area contributed by atoms with Crippen LogP contribution < -0.4 is 5.32 Å². The molecule has 96 valence electrons. The number of amides is 2. The van der Waals surface area contributed by atoms with Crippen LogP contribution in [0.25, 0.3) is 0 Å². The highest BCUT2D eigenvalue weighted by molar-refractivity contribution is 6.04. The summed E-state index contributed by atoms with van der Waals surface area (Å²) in [5.41, 5.74) is 1.15. The fourth-order valence-electron chi connectivity index (χ4n) is 2.14. The molecule has 5 heteroatoms. The number of hydrogen-bond donors (Lipinski definition) is 1. The van der Waals surface area contributed by atoms with Crippen LogP contribution in [0.5, 0.6) is 0 Å². The van der Waals surface area contributed by atoms with E-state index < -0.39 is 0 Å². The SMILES string of the molecule is CN(C)N1C(=O)C[C@H]([NH2+]Cc2ccccc2)C1=O. The molecule has 1 saturated heterocycles. The minimum atomic E-state index is -0.292. The lowest BCUT2D eigenvalue weighted by atomic mass is 10.2. The maximum Gasteiger partial charge on any atom is 0.302 e. The molecule has 18 heavy (non-hydrogen) atoms. The Morgan fingerprint density at radius 3 is 2.50 bits per heavy atom. The van der Waals surface area contributed by atoms with E-state index in [1.807, 2.05) is 35.6 Å². The third-order valence-electron chi connectivity index (χ3n) is 3.04. The van der Waals surface area contributed by atoms with Crippen LogP contribution in [0.4, 0.5) is 0 Å². The summed E-state index contributed by atoms with van der Waals surface area (Å²) >= 11 is 0. The van der Waals surface area contributed by atoms with Gasteiger partial charge in [-0.1, -0.05) is 30.3 Å². The van der Waals surface area contributed by atoms with Crippen LogP contribution in [0.1, 0.15) is 12.0 Å². The summed E-state index contributed by atoms with van der Waals surface area (Å²) in [5, 5.41) is 4.69. The lowest BCUT2D eigenvalue weighted by Crippen LogP contribution is -2.90. The summed E-state index contributed by atoms with van der Waals surface area (Å²) < 4.78 is 0. The molecule has 1 aromatic rings. The highest BCUT2D eigenvalue weighted by atomic mass is 16.2. The van der Waals surface area contributed by atoms with Gasteiger partial charge < -0.3 is 5.32 Å². The molecule has 2 rings (SSSR count). The Kier molecular flexibility index (Phi) is 3.74. The van der Waals surface area contributed by atoms with Crippen molar-refractivity contribution in [2.75, 3.05) is 14.1 Å². The van der Waals surface area contributed by atoms with Crippen molar-refractivity contribution in [2.24, 2.45) is 0 Å². The monoisotopic (exact) mass is 248 g/mol. The Hall–Kier alpha value is -1.72. The van der Waals surface area contributed by atoms with Crippen molar-refractivity contribution in [3.8, 4) is 0 Å². The number of carbonyl (C=O) groups is 2. The summed E-state index contributed by atoms with van der Waals surface area (Å²) in [4.78, 5) is 23.7. The molecule has 1 aromatic carbocycles. The van der Waals surface area contributed by atoms with E-state index in [9.17, 15) is 9.59 Å². The molecular formula is C13H18N3O2+. The number of nitrogens with zero attached hydrogens (tertiary/aromatic N) is 2. The maximum absolute atomic E-state index is 12.0. The van der Waals surface area contributed by atoms with Crippen molar-refractivity contribution >= 4 is 11.8 Å². The molecule has 1 atom stereocenters. The lowest BCUT2D eigenvalue weighted by molar-refractivity contribution is -0.690. The number of carbonyl (C=O) groups excluding carboxylic acids is 2. The van der Waals surface area contributed by atoms with E-state index in [2.05, 4.69) is 0 Å². The standard InChI is InChI=1S/C13H17N3O2/c1-15(2)16-12(17)8-11(13(16)18)14-9-10-6-4-3-5-7-10/h3-7,11,14H,8-9H2,1-2H3/p+1/t11-/m0/s1. The topological polar surface area (TPSA) is 57.2 Å². The minimum Gasteiger partial charge on any atom is -0.332 e. The van der Waals surface area contributed by atoms with E-state index >= 15 is 0 Å². The zero-order valence-electron chi connectivity index (χ0n) is 10.7. The molecule has 1 heterocycles. The normalized spacial score (nSPS) is 19.9. The Morgan fingerprint density at radius 1 is 1.28 bits per heavy atom. The highest BCUT2D eigenvalue weighted by Crippen LogP contribution is 2.11. The molecule has 0 aliphatic carbocycles. The van der Waals surface area contributed by atoms with Gasteiger partial charge in [-0.15, -0.1) is 0 Å². The summed E-state index contributed by atoms with van der Waals surface area (Å²) in [6, 6.07) is 9.64. The predicted molar refractivity (Wildman–Crippen MR) is 66.0 cm³/mol. The number of hydrogen-bond acceptors (Lipinski definition) is 3. The van der Waals surface area contributed by atoms with E-state index in [1.54, 1.807) is 19.1 Å². The Bertz CT molecular complexity index is 445. The van der Waals surface area contributed by atoms with Gasteiger partial charge in [0.1, 0.15) is 6.54 Å². The second-order valence-electron chi connectivity index (χ2n) is 4.63. The van der Waals surface area contributed by atoms with Crippen LogP contribution in [0.2, 0.25) is 0 Å². The number of rotatable bonds is 4. The number of quaternary nitrogens is 1. The zero-order chi connectivity index (χ0) is 13.1. The van der Waals surface area contributed by atoms with Gasteiger partial charge in [0.15, 0.2) is 6.04 Å². The predicted octanol–water partition coefficient (Wildman–Crippen LogP) is -0.646. The maximum atomic E-state index is 12.0. The summed E-state index contributed by atoms with van der Waals surface area (Å²) in [6.07, 6.45) is 0.282. The Morgan fingerprint density at radius 2 is 1.94 bits per heavy atom. The fourth-order valence-corrected chi connectivity index (χ4v) is 2.14. The van der Waals surface area contributed by atoms with Crippen molar-refractivity contribution in [3.05, 3.63) is 35.9 Å². The molecule has 5 nitrogen and oxygen atoms in total. The molecule has 1 aliphatic rings. The second-order valence-corrected chi connectivity index (χ2v) is 4.63. The third kappa shape index (κ3) is 2.57. The lowest BCUT2D eigenvalue weighted by Gasteiger charge is -2.20. The summed E-state index contributed by atoms with van der Waals surface area (Å²) in [5.74, 6) is -0.250. The van der Waals surface area contributed by atoms with Crippen molar-refractivity contribution in [2.45, 2.75) is 19.0 Å². The Balaban J connectivity index is 1.96. The van der Waals surface area contributed by atoms with Crippen molar-refractivity contribution in [3.63, 3.8) is 0 Å². The van der Waals surface area contributed by atoms with Gasteiger partial charge in [0.05, 0.1) is 6.42 Å². The van der Waals surface area contributed by atoms with Gasteiger partial charge in [0.25, 0.3) is 5.91 Å². The zero-order valence-corrected chi connectivity index (χ0v) is 10.7. The first-order valence-corrected chi connectivity index (χ1v) is 6.01. The average molecular weight is 248 g/mol. The quantitative estimate of drug-likeness (QED) is 0.721. The number of nitrogens with two attached hydrogens (primary N) is 1. The smallest absolute Gasteiger partial charge is 0.302 e. The van der Waals surface area contributed by atoms with Crippen LogP contribution in [0, 0.1) is 0 Å². The molecule has 0 spiro atoms. The Labute approximate surface area is 106 Å². The summed E-state index contributed by atoms with van der Waals surface area (Å²) in [6.45, 7) is 0.714. The van der Waals surface area contributed by atoms with Crippen LogP contribution >= 0.6 is 0 Å². The molecular weight excluding hydrogens is 230 g/mol. The van der Waals surface area contributed by atoms with Crippen molar-refractivity contribution < 1.29 is 14.9 Å². The fraction of sp³-hybridized carbons (Fsp3) is 0.385. The molecule has 2 amide bonds. The van der Waals surface area contributed by atoms with E-state index in [-0.39, 0.29) is 24.3 Å². The van der Waals surface area contributed by atoms with E-state index in [0.29, 0.717) is 6.54 Å². The van der Waals surface area contributed by atoms with Crippen LogP contribution in [-0.2, 0) is 16.1 Å². The molecule has 0 saturated carbocycles. The average Bonchev–Trinajstić information content (AvgIpc) is 2.63. The van der Waals surface area contributed by atoms with Crippen molar-refractivity contribution in [1.82, 2.24) is 10.0 Å². The van der Waals surface area contributed by atoms with Crippen molar-refractivity contribution in [1.29, 1.82) is 0 Å². The number of benzene rings is 1. The molecule has 2 N–H and O–H groups in total. The van der Waals surface area contributed by atoms with Gasteiger partial charge in [0, 0.05) is 19.7 Å². The van der Waals surface area contributed by atoms with E-state index in [4.69, 9.17) is 0 Å². The first kappa shape index (κ1) is 12.7. The molecule has 1 fully saturated rings.